The molecule has 0 aliphatic carbocycles. The molecule has 25 heavy (non-hydrogen) atoms. The lowest BCUT2D eigenvalue weighted by atomic mass is 10.2. The zero-order chi connectivity index (χ0) is 17.8. The Labute approximate surface area is 149 Å². The van der Waals surface area contributed by atoms with Crippen LogP contribution in [0.3, 0.4) is 0 Å². The van der Waals surface area contributed by atoms with Gasteiger partial charge >= 0.3 is 0 Å². The summed E-state index contributed by atoms with van der Waals surface area (Å²) in [5, 5.41) is 12.1. The molecule has 0 spiro atoms. The van der Waals surface area contributed by atoms with Crippen LogP contribution in [0, 0.1) is 6.92 Å². The number of anilines is 1. The Hall–Kier alpha value is -2.09. The van der Waals surface area contributed by atoms with E-state index >= 15 is 0 Å². The molecule has 2 aromatic heterocycles. The molecule has 1 saturated heterocycles. The quantitative estimate of drug-likeness (QED) is 0.788. The lowest BCUT2D eigenvalue weighted by Crippen LogP contribution is -2.46. The van der Waals surface area contributed by atoms with Crippen LogP contribution < -0.4 is 4.90 Å². The molecule has 0 radical (unpaired) electrons. The Morgan fingerprint density at radius 1 is 1.12 bits per heavy atom. The highest BCUT2D eigenvalue weighted by atomic mass is 15.5. The second-order valence-corrected chi connectivity index (χ2v) is 6.96. The third kappa shape index (κ3) is 4.31. The average Bonchev–Trinajstić information content (AvgIpc) is 3.02. The van der Waals surface area contributed by atoms with Crippen molar-refractivity contribution in [2.45, 2.75) is 53.1 Å². The van der Waals surface area contributed by atoms with Gasteiger partial charge in [-0.05, 0) is 23.8 Å². The van der Waals surface area contributed by atoms with E-state index in [2.05, 4.69) is 57.1 Å². The minimum Gasteiger partial charge on any atom is -0.354 e. The van der Waals surface area contributed by atoms with E-state index in [1.165, 1.54) is 0 Å². The van der Waals surface area contributed by atoms with Crippen LogP contribution in [-0.4, -0.2) is 61.3 Å². The maximum atomic E-state index is 4.76. The molecule has 8 heteroatoms. The first kappa shape index (κ1) is 17.7. The maximum Gasteiger partial charge on any atom is 0.165 e. The third-order valence-electron chi connectivity index (χ3n) is 4.48. The molecule has 0 atom stereocenters. The van der Waals surface area contributed by atoms with Gasteiger partial charge in [0.25, 0.3) is 0 Å². The van der Waals surface area contributed by atoms with Gasteiger partial charge in [-0.1, -0.05) is 20.8 Å². The second-order valence-electron chi connectivity index (χ2n) is 6.96. The summed E-state index contributed by atoms with van der Waals surface area (Å²) >= 11 is 0. The molecule has 3 rings (SSSR count). The highest BCUT2D eigenvalue weighted by Crippen LogP contribution is 2.19. The van der Waals surface area contributed by atoms with Crippen molar-refractivity contribution in [1.29, 1.82) is 0 Å². The zero-order valence-electron chi connectivity index (χ0n) is 15.7. The summed E-state index contributed by atoms with van der Waals surface area (Å²) in [6.07, 6.45) is 1.04. The minimum atomic E-state index is 0.345. The van der Waals surface area contributed by atoms with Crippen LogP contribution in [0.5, 0.6) is 0 Å². The van der Waals surface area contributed by atoms with Crippen molar-refractivity contribution >= 4 is 5.82 Å². The van der Waals surface area contributed by atoms with Gasteiger partial charge in [-0.2, -0.15) is 0 Å². The predicted molar refractivity (Wildman–Crippen MR) is 96.5 cm³/mol. The lowest BCUT2D eigenvalue weighted by molar-refractivity contribution is 0.238. The van der Waals surface area contributed by atoms with Gasteiger partial charge < -0.3 is 4.90 Å². The molecule has 1 aliphatic rings. The van der Waals surface area contributed by atoms with E-state index < -0.39 is 0 Å². The van der Waals surface area contributed by atoms with Crippen molar-refractivity contribution in [1.82, 2.24) is 35.1 Å². The Balaban J connectivity index is 1.61. The second kappa shape index (κ2) is 7.86. The van der Waals surface area contributed by atoms with Crippen LogP contribution in [0.2, 0.25) is 0 Å². The van der Waals surface area contributed by atoms with Crippen LogP contribution in [0.4, 0.5) is 5.82 Å². The van der Waals surface area contributed by atoms with Gasteiger partial charge in [0, 0.05) is 50.4 Å². The van der Waals surface area contributed by atoms with Gasteiger partial charge in [-0.15, -0.1) is 5.10 Å². The predicted octanol–water partition coefficient (Wildman–Crippen LogP) is 1.63. The molecule has 0 unspecified atom stereocenters. The number of piperazine rings is 1. The molecule has 136 valence electrons. The van der Waals surface area contributed by atoms with Crippen molar-refractivity contribution in [3.8, 4) is 0 Å². The van der Waals surface area contributed by atoms with Crippen LogP contribution >= 0.6 is 0 Å². The first-order valence-corrected chi connectivity index (χ1v) is 9.14. The number of rotatable bonds is 6. The lowest BCUT2D eigenvalue weighted by Gasteiger charge is -2.35. The molecule has 0 saturated carbocycles. The van der Waals surface area contributed by atoms with E-state index in [1.54, 1.807) is 0 Å². The fraction of sp³-hybridized carbons (Fsp3) is 0.706. The molecule has 0 N–H and O–H groups in total. The molecule has 0 bridgehead atoms. The van der Waals surface area contributed by atoms with Crippen LogP contribution in [0.25, 0.3) is 0 Å². The Bertz CT molecular complexity index is 688. The van der Waals surface area contributed by atoms with E-state index in [0.29, 0.717) is 5.92 Å². The number of aryl methyl sites for hydroxylation is 2. The summed E-state index contributed by atoms with van der Waals surface area (Å²) in [6, 6.07) is 2.09. The minimum absolute atomic E-state index is 0.345. The Kier molecular flexibility index (Phi) is 5.57. The topological polar surface area (TPSA) is 75.9 Å². The van der Waals surface area contributed by atoms with Crippen molar-refractivity contribution in [2.75, 3.05) is 31.1 Å². The first-order valence-electron chi connectivity index (χ1n) is 9.14. The molecule has 0 aromatic carbocycles. The monoisotopic (exact) mass is 344 g/mol. The van der Waals surface area contributed by atoms with Gasteiger partial charge in [-0.25, -0.2) is 14.6 Å². The van der Waals surface area contributed by atoms with E-state index in [4.69, 9.17) is 4.98 Å². The van der Waals surface area contributed by atoms with Crippen LogP contribution in [0.15, 0.2) is 6.07 Å². The maximum absolute atomic E-state index is 4.76. The largest absolute Gasteiger partial charge is 0.354 e. The van der Waals surface area contributed by atoms with Crippen molar-refractivity contribution in [2.24, 2.45) is 0 Å². The number of aromatic nitrogens is 6. The highest BCUT2D eigenvalue weighted by Gasteiger charge is 2.21. The van der Waals surface area contributed by atoms with Crippen molar-refractivity contribution in [3.05, 3.63) is 23.4 Å². The van der Waals surface area contributed by atoms with E-state index in [-0.39, 0.29) is 0 Å². The summed E-state index contributed by atoms with van der Waals surface area (Å²) in [6.45, 7) is 14.0. The fourth-order valence-corrected chi connectivity index (χ4v) is 3.05. The number of nitrogens with zero attached hydrogens (tertiary/aromatic N) is 8. The normalized spacial score (nSPS) is 16.0. The summed E-state index contributed by atoms with van der Waals surface area (Å²) in [5.41, 5.74) is 1.04. The molecule has 0 amide bonds. The molecule has 1 fully saturated rings. The summed E-state index contributed by atoms with van der Waals surface area (Å²) in [5.74, 6) is 3.27. The third-order valence-corrected chi connectivity index (χ3v) is 4.48. The van der Waals surface area contributed by atoms with E-state index in [9.17, 15) is 0 Å². The molecule has 8 nitrogen and oxygen atoms in total. The van der Waals surface area contributed by atoms with Gasteiger partial charge in [0.2, 0.25) is 0 Å². The molecular formula is C17H28N8. The number of tetrazole rings is 1. The smallest absolute Gasteiger partial charge is 0.165 e. The van der Waals surface area contributed by atoms with Gasteiger partial charge in [-0.3, -0.25) is 4.90 Å². The standard InChI is InChI=1S/C17H28N8/c1-5-6-25-16(20-21-22-25)12-23-7-9-24(10-8-23)15-11-14(4)18-17(19-15)13(2)3/h11,13H,5-10,12H2,1-4H3. The summed E-state index contributed by atoms with van der Waals surface area (Å²) in [7, 11) is 0. The molecule has 2 aromatic rings. The molecule has 3 heterocycles. The Morgan fingerprint density at radius 2 is 1.88 bits per heavy atom. The molecule has 1 aliphatic heterocycles. The van der Waals surface area contributed by atoms with E-state index in [1.807, 2.05) is 11.6 Å². The van der Waals surface area contributed by atoms with Gasteiger partial charge in [0.15, 0.2) is 5.82 Å². The number of hydrogen-bond acceptors (Lipinski definition) is 7. The van der Waals surface area contributed by atoms with Crippen molar-refractivity contribution in [3.63, 3.8) is 0 Å². The van der Waals surface area contributed by atoms with Crippen LogP contribution in [0.1, 0.15) is 50.5 Å². The average molecular weight is 344 g/mol. The number of hydrogen-bond donors (Lipinski definition) is 0. The van der Waals surface area contributed by atoms with E-state index in [0.717, 1.165) is 68.8 Å². The Morgan fingerprint density at radius 3 is 2.56 bits per heavy atom. The van der Waals surface area contributed by atoms with Crippen LogP contribution in [-0.2, 0) is 13.1 Å². The SMILES string of the molecule is CCCn1nnnc1CN1CCN(c2cc(C)nc(C(C)C)n2)CC1. The summed E-state index contributed by atoms with van der Waals surface area (Å²) in [4.78, 5) is 14.1. The first-order chi connectivity index (χ1) is 12.1. The zero-order valence-corrected chi connectivity index (χ0v) is 15.7. The summed E-state index contributed by atoms with van der Waals surface area (Å²) < 4.78 is 1.91. The highest BCUT2D eigenvalue weighted by molar-refractivity contribution is 5.40. The van der Waals surface area contributed by atoms with Gasteiger partial charge in [0.05, 0.1) is 6.54 Å². The van der Waals surface area contributed by atoms with Gasteiger partial charge in [0.1, 0.15) is 11.6 Å². The van der Waals surface area contributed by atoms with Crippen molar-refractivity contribution < 1.29 is 0 Å². The fourth-order valence-electron chi connectivity index (χ4n) is 3.05. The molecular weight excluding hydrogens is 316 g/mol.